The van der Waals surface area contributed by atoms with Crippen LogP contribution in [0.3, 0.4) is 0 Å². The summed E-state index contributed by atoms with van der Waals surface area (Å²) in [7, 11) is 0. The fraction of sp³-hybridized carbons (Fsp3) is 0.542. The summed E-state index contributed by atoms with van der Waals surface area (Å²) in [5.41, 5.74) is 4.67. The van der Waals surface area contributed by atoms with Gasteiger partial charge in [-0.25, -0.2) is 4.79 Å². The first kappa shape index (κ1) is 21.4. The molecule has 1 aromatic heterocycles. The van der Waals surface area contributed by atoms with E-state index in [4.69, 9.17) is 4.74 Å². The second kappa shape index (κ2) is 11.1. The number of aromatic amines is 1. The molecule has 0 saturated carbocycles. The third-order valence-electron chi connectivity index (χ3n) is 5.63. The summed E-state index contributed by atoms with van der Waals surface area (Å²) in [4.78, 5) is 15.6. The quantitative estimate of drug-likeness (QED) is 0.355. The maximum atomic E-state index is 12.1. The minimum absolute atomic E-state index is 0.385. The highest BCUT2D eigenvalue weighted by Gasteiger charge is 2.22. The van der Waals surface area contributed by atoms with E-state index in [1.807, 2.05) is 19.1 Å². The summed E-state index contributed by atoms with van der Waals surface area (Å²) in [5, 5.41) is 7.81. The Hall–Kier alpha value is -2.27. The number of benzene rings is 1. The molecule has 1 amide bonds. The lowest BCUT2D eigenvalue weighted by Crippen LogP contribution is -2.35. The van der Waals surface area contributed by atoms with E-state index in [0.717, 1.165) is 43.4 Å². The van der Waals surface area contributed by atoms with E-state index in [0.29, 0.717) is 12.6 Å². The Bertz CT molecular complexity index is 825. The van der Waals surface area contributed by atoms with Crippen LogP contribution >= 0.6 is 0 Å². The van der Waals surface area contributed by atoms with Crippen LogP contribution in [0, 0.1) is 0 Å². The number of nitrogens with one attached hydrogen (secondary N) is 3. The van der Waals surface area contributed by atoms with Crippen molar-refractivity contribution in [1.82, 2.24) is 10.3 Å². The van der Waals surface area contributed by atoms with Crippen molar-refractivity contribution in [3.05, 3.63) is 41.6 Å². The first-order valence-corrected chi connectivity index (χ1v) is 11.1. The van der Waals surface area contributed by atoms with E-state index in [9.17, 15) is 4.79 Å². The van der Waals surface area contributed by atoms with Gasteiger partial charge in [-0.1, -0.05) is 31.9 Å². The van der Waals surface area contributed by atoms with Crippen LogP contribution in [-0.4, -0.2) is 30.3 Å². The number of amides is 1. The topological polar surface area (TPSA) is 66.1 Å². The number of carbonyl (C=O) groups is 1. The van der Waals surface area contributed by atoms with Gasteiger partial charge in [0.15, 0.2) is 0 Å². The highest BCUT2D eigenvalue weighted by atomic mass is 16.5. The molecule has 1 aromatic carbocycles. The Labute approximate surface area is 174 Å². The maximum Gasteiger partial charge on any atom is 0.411 e. The SMILES string of the molecule is CC=CCCCOC(=O)Nc1ccc2[nH]c3c(c2c1)CC(NCCCCC)CC3. The molecule has 1 unspecified atom stereocenters. The summed E-state index contributed by atoms with van der Waals surface area (Å²) >= 11 is 0. The van der Waals surface area contributed by atoms with Crippen LogP contribution in [0.15, 0.2) is 30.4 Å². The van der Waals surface area contributed by atoms with Gasteiger partial charge in [0, 0.05) is 28.3 Å². The van der Waals surface area contributed by atoms with Crippen LogP contribution in [-0.2, 0) is 17.6 Å². The molecule has 5 nitrogen and oxygen atoms in total. The average molecular weight is 398 g/mol. The number of aromatic nitrogens is 1. The van der Waals surface area contributed by atoms with Crippen molar-refractivity contribution < 1.29 is 9.53 Å². The van der Waals surface area contributed by atoms with Gasteiger partial charge < -0.3 is 15.0 Å². The number of rotatable bonds is 10. The van der Waals surface area contributed by atoms with Crippen molar-refractivity contribution in [2.75, 3.05) is 18.5 Å². The van der Waals surface area contributed by atoms with E-state index in [-0.39, 0.29) is 6.09 Å². The summed E-state index contributed by atoms with van der Waals surface area (Å²) < 4.78 is 5.28. The number of allylic oxidation sites excluding steroid dienone is 2. The maximum absolute atomic E-state index is 12.1. The Kier molecular flexibility index (Phi) is 8.17. The molecule has 5 heteroatoms. The van der Waals surface area contributed by atoms with E-state index < -0.39 is 0 Å². The number of ether oxygens (including phenoxy) is 1. The number of unbranched alkanes of at least 4 members (excludes halogenated alkanes) is 3. The first-order valence-electron chi connectivity index (χ1n) is 11.1. The van der Waals surface area contributed by atoms with Gasteiger partial charge in [-0.3, -0.25) is 5.32 Å². The van der Waals surface area contributed by atoms with E-state index in [1.165, 1.54) is 42.3 Å². The van der Waals surface area contributed by atoms with Crippen molar-refractivity contribution >= 4 is 22.7 Å². The van der Waals surface area contributed by atoms with E-state index in [1.54, 1.807) is 0 Å². The fourth-order valence-electron chi connectivity index (χ4n) is 4.04. The fourth-order valence-corrected chi connectivity index (χ4v) is 4.04. The lowest BCUT2D eigenvalue weighted by Gasteiger charge is -2.23. The molecule has 158 valence electrons. The number of carbonyl (C=O) groups excluding carboxylic acids is 1. The molecule has 2 aromatic rings. The molecule has 0 fully saturated rings. The number of aryl methyl sites for hydroxylation is 1. The number of hydrogen-bond acceptors (Lipinski definition) is 3. The molecule has 0 radical (unpaired) electrons. The predicted molar refractivity (Wildman–Crippen MR) is 121 cm³/mol. The molecule has 0 spiro atoms. The number of fused-ring (bicyclic) bond motifs is 3. The van der Waals surface area contributed by atoms with Crippen molar-refractivity contribution in [2.24, 2.45) is 0 Å². The van der Waals surface area contributed by atoms with Gasteiger partial charge in [-0.05, 0) is 75.8 Å². The molecular weight excluding hydrogens is 362 g/mol. The van der Waals surface area contributed by atoms with Crippen LogP contribution in [0.5, 0.6) is 0 Å². The van der Waals surface area contributed by atoms with Gasteiger partial charge in [0.05, 0.1) is 6.61 Å². The van der Waals surface area contributed by atoms with Crippen LogP contribution in [0.25, 0.3) is 10.9 Å². The summed E-state index contributed by atoms with van der Waals surface area (Å²) in [6, 6.07) is 6.60. The molecule has 1 heterocycles. The highest BCUT2D eigenvalue weighted by molar-refractivity contribution is 5.92. The minimum Gasteiger partial charge on any atom is -0.449 e. The summed E-state index contributed by atoms with van der Waals surface area (Å²) in [6.45, 7) is 5.77. The third kappa shape index (κ3) is 6.10. The van der Waals surface area contributed by atoms with Crippen LogP contribution in [0.2, 0.25) is 0 Å². The molecule has 1 aliphatic rings. The molecule has 0 bridgehead atoms. The number of anilines is 1. The van der Waals surface area contributed by atoms with Gasteiger partial charge in [0.2, 0.25) is 0 Å². The largest absolute Gasteiger partial charge is 0.449 e. The van der Waals surface area contributed by atoms with Crippen LogP contribution < -0.4 is 10.6 Å². The average Bonchev–Trinajstić information content (AvgIpc) is 3.08. The van der Waals surface area contributed by atoms with Gasteiger partial charge in [0.25, 0.3) is 0 Å². The molecule has 0 saturated heterocycles. The monoisotopic (exact) mass is 397 g/mol. The lowest BCUT2D eigenvalue weighted by atomic mass is 9.91. The minimum atomic E-state index is -0.385. The van der Waals surface area contributed by atoms with Gasteiger partial charge >= 0.3 is 6.09 Å². The molecule has 29 heavy (non-hydrogen) atoms. The zero-order valence-corrected chi connectivity index (χ0v) is 17.9. The second-order valence-electron chi connectivity index (χ2n) is 7.92. The van der Waals surface area contributed by atoms with Gasteiger partial charge in [-0.15, -0.1) is 0 Å². The smallest absolute Gasteiger partial charge is 0.411 e. The first-order chi connectivity index (χ1) is 14.2. The normalized spacial score (nSPS) is 16.3. The lowest BCUT2D eigenvalue weighted by molar-refractivity contribution is 0.160. The van der Waals surface area contributed by atoms with Crippen molar-refractivity contribution in [3.8, 4) is 0 Å². The predicted octanol–water partition coefficient (Wildman–Crippen LogP) is 5.71. The summed E-state index contributed by atoms with van der Waals surface area (Å²) in [5.74, 6) is 0. The molecule has 3 N–H and O–H groups in total. The van der Waals surface area contributed by atoms with Gasteiger partial charge in [0.1, 0.15) is 0 Å². The zero-order chi connectivity index (χ0) is 20.5. The van der Waals surface area contributed by atoms with Crippen molar-refractivity contribution in [3.63, 3.8) is 0 Å². The number of hydrogen-bond donors (Lipinski definition) is 3. The Morgan fingerprint density at radius 2 is 2.21 bits per heavy atom. The van der Waals surface area contributed by atoms with E-state index in [2.05, 4.69) is 40.8 Å². The Morgan fingerprint density at radius 3 is 3.03 bits per heavy atom. The van der Waals surface area contributed by atoms with Crippen molar-refractivity contribution in [2.45, 2.75) is 71.3 Å². The van der Waals surface area contributed by atoms with Crippen LogP contribution in [0.4, 0.5) is 10.5 Å². The standard InChI is InChI=1S/C24H35N3O2/c1-3-5-7-9-15-29-24(28)26-19-11-13-23-21(17-19)20-16-18(10-12-22(20)27-23)25-14-8-6-4-2/h3,5,11,13,17-18,25,27H,4,6-10,12,14-16H2,1-2H3,(H,26,28). The molecule has 1 aliphatic carbocycles. The molecule has 0 aliphatic heterocycles. The molecule has 1 atom stereocenters. The summed E-state index contributed by atoms with van der Waals surface area (Å²) in [6.07, 6.45) is 12.6. The molecular formula is C24H35N3O2. The Balaban J connectivity index is 1.59. The molecule has 3 rings (SSSR count). The zero-order valence-electron chi connectivity index (χ0n) is 17.9. The third-order valence-corrected chi connectivity index (χ3v) is 5.63. The van der Waals surface area contributed by atoms with Crippen LogP contribution in [0.1, 0.15) is 63.6 Å². The number of H-pyrrole nitrogens is 1. The van der Waals surface area contributed by atoms with E-state index >= 15 is 0 Å². The Morgan fingerprint density at radius 1 is 1.31 bits per heavy atom. The van der Waals surface area contributed by atoms with Crippen molar-refractivity contribution in [1.29, 1.82) is 0 Å². The second-order valence-corrected chi connectivity index (χ2v) is 7.92. The van der Waals surface area contributed by atoms with Gasteiger partial charge in [-0.2, -0.15) is 0 Å². The highest BCUT2D eigenvalue weighted by Crippen LogP contribution is 2.31.